The first kappa shape index (κ1) is 24.1. The van der Waals surface area contributed by atoms with Gasteiger partial charge in [-0.25, -0.2) is 0 Å². The first-order valence-electron chi connectivity index (χ1n) is 13.2. The first-order chi connectivity index (χ1) is 17.0. The summed E-state index contributed by atoms with van der Waals surface area (Å²) in [7, 11) is 1.67. The molecule has 4 heteroatoms. The summed E-state index contributed by atoms with van der Waals surface area (Å²) in [5.74, 6) is 2.40. The molecule has 0 spiro atoms. The Morgan fingerprint density at radius 2 is 1.69 bits per heavy atom. The van der Waals surface area contributed by atoms with Crippen molar-refractivity contribution < 1.29 is 19.0 Å². The van der Waals surface area contributed by atoms with Crippen LogP contribution in [0.5, 0.6) is 11.5 Å². The molecule has 0 aromatic heterocycles. The Balaban J connectivity index is 1.50. The highest BCUT2D eigenvalue weighted by Gasteiger charge is 2.48. The first-order valence-corrected chi connectivity index (χ1v) is 13.2. The van der Waals surface area contributed by atoms with Gasteiger partial charge in [-0.15, -0.1) is 0 Å². The number of benzene rings is 2. The van der Waals surface area contributed by atoms with Gasteiger partial charge in [0, 0.05) is 18.3 Å². The van der Waals surface area contributed by atoms with Crippen molar-refractivity contribution in [3.8, 4) is 11.5 Å². The molecule has 5 rings (SSSR count). The molecular weight excluding hydrogens is 436 g/mol. The van der Waals surface area contributed by atoms with Gasteiger partial charge in [0.05, 0.1) is 19.8 Å². The molecule has 3 aliphatic rings. The second-order valence-electron chi connectivity index (χ2n) is 11.0. The molecule has 0 saturated heterocycles. The molecule has 186 valence electrons. The number of hydrogen-bond donors (Lipinski definition) is 0. The van der Waals surface area contributed by atoms with Crippen molar-refractivity contribution in [3.05, 3.63) is 71.8 Å². The third-order valence-electron chi connectivity index (χ3n) is 8.75. The summed E-state index contributed by atoms with van der Waals surface area (Å²) in [5, 5.41) is 0. The van der Waals surface area contributed by atoms with E-state index in [4.69, 9.17) is 14.2 Å². The maximum Gasteiger partial charge on any atom is 0.136 e. The Bertz CT molecular complexity index is 1040. The summed E-state index contributed by atoms with van der Waals surface area (Å²) in [6, 6.07) is 18.1. The molecule has 0 heterocycles. The lowest BCUT2D eigenvalue weighted by Crippen LogP contribution is -2.46. The molecule has 4 nitrogen and oxygen atoms in total. The number of carbonyl (C=O) groups excluding carboxylic acids is 1. The van der Waals surface area contributed by atoms with Crippen molar-refractivity contribution in [1.29, 1.82) is 0 Å². The van der Waals surface area contributed by atoms with E-state index in [9.17, 15) is 4.79 Å². The number of rotatable bonds is 6. The monoisotopic (exact) mass is 474 g/mol. The van der Waals surface area contributed by atoms with E-state index in [2.05, 4.69) is 32.1 Å². The van der Waals surface area contributed by atoms with Crippen LogP contribution in [0.2, 0.25) is 0 Å². The smallest absolute Gasteiger partial charge is 0.136 e. The summed E-state index contributed by atoms with van der Waals surface area (Å²) >= 11 is 0. The van der Waals surface area contributed by atoms with E-state index in [1.807, 2.05) is 42.5 Å². The fourth-order valence-corrected chi connectivity index (χ4v) is 6.53. The molecule has 35 heavy (non-hydrogen) atoms. The fourth-order valence-electron chi connectivity index (χ4n) is 6.53. The van der Waals surface area contributed by atoms with Crippen LogP contribution in [-0.4, -0.2) is 25.1 Å². The van der Waals surface area contributed by atoms with Gasteiger partial charge in [0.2, 0.25) is 0 Å². The molecule has 3 aliphatic carbocycles. The quantitative estimate of drug-likeness (QED) is 0.433. The molecule has 2 bridgehead atoms. The molecule has 2 fully saturated rings. The standard InChI is InChI=1S/C31H38O4/c1-31(2)22-12-13-23(31)19-29(35-25-16-14-24(33-3)15-17-25)30-26(27(32)18-22)10-7-11-28(30)34-20-21-8-5-4-6-9-21/h4-6,8-9,14-17,19,22,26,28-30H,7,10-13,18,20H2,1-3H3/b23-19-/t22-,26+,28-,29+,30-/m1/s1. The van der Waals surface area contributed by atoms with Crippen LogP contribution in [0.4, 0.5) is 0 Å². The van der Waals surface area contributed by atoms with Crippen LogP contribution in [0.15, 0.2) is 66.2 Å². The Kier molecular flexibility index (Phi) is 7.02. The minimum Gasteiger partial charge on any atom is -0.497 e. The van der Waals surface area contributed by atoms with Crippen molar-refractivity contribution in [2.75, 3.05) is 7.11 Å². The number of ketones is 1. The average molecular weight is 475 g/mol. The lowest BCUT2D eigenvalue weighted by atomic mass is 9.70. The Labute approximate surface area is 209 Å². The molecule has 0 N–H and O–H groups in total. The molecular formula is C31H38O4. The maximum atomic E-state index is 13.8. The van der Waals surface area contributed by atoms with E-state index >= 15 is 0 Å². The normalized spacial score (nSPS) is 31.3. The second kappa shape index (κ2) is 10.2. The Hall–Kier alpha value is -2.59. The fraction of sp³-hybridized carbons (Fsp3) is 0.516. The molecule has 5 atom stereocenters. The van der Waals surface area contributed by atoms with E-state index in [1.54, 1.807) is 7.11 Å². The van der Waals surface area contributed by atoms with Crippen LogP contribution < -0.4 is 9.47 Å². The van der Waals surface area contributed by atoms with Gasteiger partial charge in [0.15, 0.2) is 0 Å². The second-order valence-corrected chi connectivity index (χ2v) is 11.0. The van der Waals surface area contributed by atoms with E-state index in [0.29, 0.717) is 24.7 Å². The number of Topliss-reactive ketones (excluding diaryl/α,β-unsaturated/α-hetero) is 1. The highest BCUT2D eigenvalue weighted by Crippen LogP contribution is 2.52. The van der Waals surface area contributed by atoms with Crippen molar-refractivity contribution in [2.24, 2.45) is 23.2 Å². The van der Waals surface area contributed by atoms with Gasteiger partial charge < -0.3 is 14.2 Å². The van der Waals surface area contributed by atoms with Crippen molar-refractivity contribution in [2.45, 2.75) is 71.2 Å². The number of methoxy groups -OCH3 is 1. The maximum absolute atomic E-state index is 13.8. The van der Waals surface area contributed by atoms with Gasteiger partial charge >= 0.3 is 0 Å². The van der Waals surface area contributed by atoms with E-state index in [-0.39, 0.29) is 29.5 Å². The minimum absolute atomic E-state index is 0.00436. The molecule has 0 unspecified atom stereocenters. The largest absolute Gasteiger partial charge is 0.497 e. The highest BCUT2D eigenvalue weighted by molar-refractivity contribution is 5.82. The summed E-state index contributed by atoms with van der Waals surface area (Å²) in [6.45, 7) is 5.18. The number of carbonyl (C=O) groups is 1. The number of allylic oxidation sites excluding steroid dienone is 1. The van der Waals surface area contributed by atoms with Gasteiger partial charge in [-0.1, -0.05) is 56.2 Å². The van der Waals surface area contributed by atoms with Gasteiger partial charge in [-0.2, -0.15) is 0 Å². The molecule has 0 radical (unpaired) electrons. The van der Waals surface area contributed by atoms with E-state index < -0.39 is 0 Å². The molecule has 2 aromatic carbocycles. The van der Waals surface area contributed by atoms with Crippen LogP contribution in [0, 0.1) is 23.2 Å². The Morgan fingerprint density at radius 3 is 2.43 bits per heavy atom. The summed E-state index contributed by atoms with van der Waals surface area (Å²) in [6.07, 6.45) is 7.85. The van der Waals surface area contributed by atoms with Crippen molar-refractivity contribution in [3.63, 3.8) is 0 Å². The van der Waals surface area contributed by atoms with Gasteiger partial charge in [-0.3, -0.25) is 4.79 Å². The zero-order valence-corrected chi connectivity index (χ0v) is 21.2. The van der Waals surface area contributed by atoms with Crippen molar-refractivity contribution in [1.82, 2.24) is 0 Å². The summed E-state index contributed by atoms with van der Waals surface area (Å²) < 4.78 is 18.6. The van der Waals surface area contributed by atoms with E-state index in [1.165, 1.54) is 5.57 Å². The molecule has 0 amide bonds. The SMILES string of the molecule is COc1ccc(O[C@H]2/C=C3/CC[C@H](CC(=O)[C@@H]4CCC[C@@H](OCc5ccccc5)[C@H]24)C3(C)C)cc1. The third-order valence-corrected chi connectivity index (χ3v) is 8.75. The molecule has 2 aromatic rings. The van der Waals surface area contributed by atoms with Crippen LogP contribution in [0.25, 0.3) is 0 Å². The lowest BCUT2D eigenvalue weighted by molar-refractivity contribution is -0.135. The lowest BCUT2D eigenvalue weighted by Gasteiger charge is -2.41. The van der Waals surface area contributed by atoms with Crippen LogP contribution in [0.3, 0.4) is 0 Å². The summed E-state index contributed by atoms with van der Waals surface area (Å²) in [4.78, 5) is 13.8. The predicted octanol–water partition coefficient (Wildman–Crippen LogP) is 6.78. The molecule has 2 saturated carbocycles. The van der Waals surface area contributed by atoms with Gasteiger partial charge in [-0.05, 0) is 72.9 Å². The number of hydrogen-bond acceptors (Lipinski definition) is 4. The van der Waals surface area contributed by atoms with Gasteiger partial charge in [0.1, 0.15) is 23.4 Å². The average Bonchev–Trinajstić information content (AvgIpc) is 3.16. The number of ether oxygens (including phenoxy) is 3. The van der Waals surface area contributed by atoms with Crippen molar-refractivity contribution >= 4 is 5.78 Å². The van der Waals surface area contributed by atoms with Crippen LogP contribution in [0.1, 0.15) is 57.9 Å². The zero-order valence-electron chi connectivity index (χ0n) is 21.2. The predicted molar refractivity (Wildman–Crippen MR) is 137 cm³/mol. The van der Waals surface area contributed by atoms with Crippen LogP contribution >= 0.6 is 0 Å². The van der Waals surface area contributed by atoms with Crippen LogP contribution in [-0.2, 0) is 16.1 Å². The summed E-state index contributed by atoms with van der Waals surface area (Å²) in [5.41, 5.74) is 2.61. The van der Waals surface area contributed by atoms with E-state index in [0.717, 1.165) is 49.2 Å². The number of fused-ring (bicyclic) bond motifs is 3. The van der Waals surface area contributed by atoms with Gasteiger partial charge in [0.25, 0.3) is 0 Å². The zero-order chi connectivity index (χ0) is 24.4. The molecule has 0 aliphatic heterocycles. The highest BCUT2D eigenvalue weighted by atomic mass is 16.5. The topological polar surface area (TPSA) is 44.8 Å². The third kappa shape index (κ3) is 5.04. The Morgan fingerprint density at radius 1 is 0.943 bits per heavy atom. The minimum atomic E-state index is -0.204.